The minimum Gasteiger partial charge on any atom is -0.348 e. The fourth-order valence-corrected chi connectivity index (χ4v) is 2.50. The number of likely N-dealkylation sites (tertiary alicyclic amines) is 1. The molecule has 0 saturated carbocycles. The van der Waals surface area contributed by atoms with Crippen LogP contribution in [0, 0.1) is 0 Å². The van der Waals surface area contributed by atoms with Crippen LogP contribution >= 0.6 is 0 Å². The molecule has 3 heterocycles. The summed E-state index contributed by atoms with van der Waals surface area (Å²) in [7, 11) is 0. The van der Waals surface area contributed by atoms with Crippen LogP contribution in [0.2, 0.25) is 0 Å². The van der Waals surface area contributed by atoms with E-state index in [0.29, 0.717) is 0 Å². The number of nitrogens with one attached hydrogen (secondary N) is 1. The number of hydrogen-bond donors (Lipinski definition) is 1. The molecule has 1 aliphatic heterocycles. The number of hydrogen-bond acceptors (Lipinski definition) is 5. The van der Waals surface area contributed by atoms with Crippen LogP contribution in [0.4, 0.5) is 0 Å². The van der Waals surface area contributed by atoms with Crippen LogP contribution in [-0.4, -0.2) is 31.6 Å². The van der Waals surface area contributed by atoms with Gasteiger partial charge in [-0.25, -0.2) is 4.98 Å². The van der Waals surface area contributed by atoms with Crippen molar-refractivity contribution in [3.8, 4) is 0 Å². The van der Waals surface area contributed by atoms with E-state index in [1.807, 2.05) is 6.20 Å². The fourth-order valence-electron chi connectivity index (χ4n) is 2.50. The van der Waals surface area contributed by atoms with Gasteiger partial charge in [0, 0.05) is 18.3 Å². The Labute approximate surface area is 112 Å². The zero-order valence-corrected chi connectivity index (χ0v) is 11.3. The summed E-state index contributed by atoms with van der Waals surface area (Å²) in [6.45, 7) is 5.99. The van der Waals surface area contributed by atoms with Gasteiger partial charge in [0.1, 0.15) is 5.82 Å². The molecule has 0 aliphatic carbocycles. The third-order valence-electron chi connectivity index (χ3n) is 3.52. The molecule has 1 aliphatic rings. The molecule has 0 radical (unpaired) electrons. The number of rotatable bonds is 4. The lowest BCUT2D eigenvalue weighted by Crippen LogP contribution is -2.24. The minimum atomic E-state index is 0.251. The van der Waals surface area contributed by atoms with Crippen molar-refractivity contribution in [1.29, 1.82) is 0 Å². The molecular formula is C13H19N5O. The molecule has 2 aromatic rings. The number of H-pyrrole nitrogens is 1. The summed E-state index contributed by atoms with van der Waals surface area (Å²) in [4.78, 5) is 14.3. The Morgan fingerprint density at radius 2 is 2.42 bits per heavy atom. The Morgan fingerprint density at radius 3 is 3.11 bits per heavy atom. The largest absolute Gasteiger partial charge is 0.348 e. The van der Waals surface area contributed by atoms with Crippen molar-refractivity contribution in [1.82, 2.24) is 25.0 Å². The van der Waals surface area contributed by atoms with E-state index in [0.717, 1.165) is 43.5 Å². The van der Waals surface area contributed by atoms with E-state index in [9.17, 15) is 0 Å². The summed E-state index contributed by atoms with van der Waals surface area (Å²) in [5.41, 5.74) is 0. The van der Waals surface area contributed by atoms with Crippen molar-refractivity contribution in [2.45, 2.75) is 45.2 Å². The lowest BCUT2D eigenvalue weighted by atomic mass is 10.2. The molecule has 1 unspecified atom stereocenters. The van der Waals surface area contributed by atoms with Crippen molar-refractivity contribution >= 4 is 0 Å². The molecule has 1 N–H and O–H groups in total. The monoisotopic (exact) mass is 261 g/mol. The molecule has 0 amide bonds. The Hall–Kier alpha value is -1.69. The van der Waals surface area contributed by atoms with E-state index < -0.39 is 0 Å². The summed E-state index contributed by atoms with van der Waals surface area (Å²) >= 11 is 0. The van der Waals surface area contributed by atoms with Crippen LogP contribution in [-0.2, 0) is 6.54 Å². The van der Waals surface area contributed by atoms with Crippen molar-refractivity contribution in [2.24, 2.45) is 0 Å². The van der Waals surface area contributed by atoms with Gasteiger partial charge in [-0.05, 0) is 19.4 Å². The van der Waals surface area contributed by atoms with Gasteiger partial charge in [-0.1, -0.05) is 19.0 Å². The Bertz CT molecular complexity index is 519. The average molecular weight is 261 g/mol. The number of imidazole rings is 1. The highest BCUT2D eigenvalue weighted by molar-refractivity contribution is 5.01. The molecule has 3 rings (SSSR count). The highest BCUT2D eigenvalue weighted by Crippen LogP contribution is 2.31. The second-order valence-electron chi connectivity index (χ2n) is 5.31. The molecule has 19 heavy (non-hydrogen) atoms. The van der Waals surface area contributed by atoms with Gasteiger partial charge in [-0.3, -0.25) is 4.90 Å². The first-order valence-corrected chi connectivity index (χ1v) is 6.80. The third-order valence-corrected chi connectivity index (χ3v) is 3.52. The molecule has 2 aromatic heterocycles. The van der Waals surface area contributed by atoms with E-state index in [-0.39, 0.29) is 12.0 Å². The molecule has 1 atom stereocenters. The molecule has 6 heteroatoms. The van der Waals surface area contributed by atoms with Gasteiger partial charge in [0.05, 0.1) is 12.6 Å². The van der Waals surface area contributed by atoms with E-state index in [1.54, 1.807) is 6.20 Å². The van der Waals surface area contributed by atoms with Crippen molar-refractivity contribution < 1.29 is 4.52 Å². The zero-order chi connectivity index (χ0) is 13.2. The Morgan fingerprint density at radius 1 is 1.53 bits per heavy atom. The second-order valence-corrected chi connectivity index (χ2v) is 5.31. The van der Waals surface area contributed by atoms with Gasteiger partial charge in [0.25, 0.3) is 0 Å². The molecular weight excluding hydrogens is 242 g/mol. The van der Waals surface area contributed by atoms with Crippen LogP contribution in [0.3, 0.4) is 0 Å². The smallest absolute Gasteiger partial charge is 0.229 e. The highest BCUT2D eigenvalue weighted by Gasteiger charge is 2.30. The summed E-state index contributed by atoms with van der Waals surface area (Å²) < 4.78 is 5.31. The van der Waals surface area contributed by atoms with Crippen molar-refractivity contribution in [2.75, 3.05) is 6.54 Å². The SMILES string of the molecule is CC(C)c1nc(C2CCCN2Cc2ncc[nH]2)no1. The van der Waals surface area contributed by atoms with Crippen LogP contribution in [0.1, 0.15) is 56.2 Å². The van der Waals surface area contributed by atoms with Crippen LogP contribution < -0.4 is 0 Å². The minimum absolute atomic E-state index is 0.251. The standard InChI is InChI=1S/C13H19N5O/c1-9(2)13-16-12(17-19-13)10-4-3-7-18(10)8-11-14-5-6-15-11/h5-6,9-10H,3-4,7-8H2,1-2H3,(H,14,15). The van der Waals surface area contributed by atoms with E-state index >= 15 is 0 Å². The molecule has 1 saturated heterocycles. The first-order valence-electron chi connectivity index (χ1n) is 6.80. The van der Waals surface area contributed by atoms with Crippen LogP contribution in [0.25, 0.3) is 0 Å². The summed E-state index contributed by atoms with van der Waals surface area (Å²) in [6.07, 6.45) is 5.88. The maximum atomic E-state index is 5.31. The van der Waals surface area contributed by atoms with Crippen LogP contribution in [0.5, 0.6) is 0 Å². The van der Waals surface area contributed by atoms with E-state index in [2.05, 4.69) is 38.9 Å². The summed E-state index contributed by atoms with van der Waals surface area (Å²) in [6, 6.07) is 0.251. The summed E-state index contributed by atoms with van der Waals surface area (Å²) in [5.74, 6) is 2.80. The van der Waals surface area contributed by atoms with Gasteiger partial charge >= 0.3 is 0 Å². The molecule has 102 valence electrons. The third kappa shape index (κ3) is 2.53. The quantitative estimate of drug-likeness (QED) is 0.914. The molecule has 6 nitrogen and oxygen atoms in total. The molecule has 0 bridgehead atoms. The van der Waals surface area contributed by atoms with E-state index in [4.69, 9.17) is 4.52 Å². The lowest BCUT2D eigenvalue weighted by Gasteiger charge is -2.20. The average Bonchev–Trinajstić information content (AvgIpc) is 3.09. The fraction of sp³-hybridized carbons (Fsp3) is 0.615. The highest BCUT2D eigenvalue weighted by atomic mass is 16.5. The Balaban J connectivity index is 1.74. The second kappa shape index (κ2) is 5.13. The van der Waals surface area contributed by atoms with Crippen molar-refractivity contribution in [3.05, 3.63) is 29.9 Å². The van der Waals surface area contributed by atoms with Gasteiger partial charge in [-0.2, -0.15) is 4.98 Å². The van der Waals surface area contributed by atoms with Gasteiger partial charge in [-0.15, -0.1) is 0 Å². The molecule has 1 fully saturated rings. The predicted molar refractivity (Wildman–Crippen MR) is 69.4 cm³/mol. The molecule has 0 aromatic carbocycles. The molecule has 0 spiro atoms. The maximum absolute atomic E-state index is 5.31. The van der Waals surface area contributed by atoms with Gasteiger partial charge in [0.15, 0.2) is 5.82 Å². The Kier molecular flexibility index (Phi) is 3.33. The normalized spacial score (nSPS) is 20.5. The van der Waals surface area contributed by atoms with Crippen LogP contribution in [0.15, 0.2) is 16.9 Å². The van der Waals surface area contributed by atoms with E-state index in [1.165, 1.54) is 0 Å². The first kappa shape index (κ1) is 12.3. The van der Waals surface area contributed by atoms with Crippen molar-refractivity contribution in [3.63, 3.8) is 0 Å². The zero-order valence-electron chi connectivity index (χ0n) is 11.3. The topological polar surface area (TPSA) is 70.8 Å². The number of nitrogens with zero attached hydrogens (tertiary/aromatic N) is 4. The van der Waals surface area contributed by atoms with Gasteiger partial charge < -0.3 is 9.51 Å². The lowest BCUT2D eigenvalue weighted by molar-refractivity contribution is 0.229. The number of aromatic amines is 1. The predicted octanol–water partition coefficient (Wildman–Crippen LogP) is 2.25. The number of aromatic nitrogens is 4. The first-order chi connectivity index (χ1) is 9.24. The maximum Gasteiger partial charge on any atom is 0.229 e. The van der Waals surface area contributed by atoms with Gasteiger partial charge in [0.2, 0.25) is 5.89 Å². The summed E-state index contributed by atoms with van der Waals surface area (Å²) in [5, 5.41) is 4.14.